The first-order valence-electron chi connectivity index (χ1n) is 9.39. The molecule has 0 saturated heterocycles. The Kier molecular flexibility index (Phi) is 7.65. The summed E-state index contributed by atoms with van der Waals surface area (Å²) >= 11 is 0. The number of unbranched alkanes of at least 4 members (excludes halogenated alkanes) is 4. The number of rotatable bonds is 10. The van der Waals surface area contributed by atoms with Crippen LogP contribution in [0.4, 0.5) is 5.69 Å². The number of carbonyl (C=O) groups excluding carboxylic acids is 1. The van der Waals surface area contributed by atoms with Crippen molar-refractivity contribution in [2.75, 3.05) is 23.7 Å². The Morgan fingerprint density at radius 2 is 1.85 bits per heavy atom. The molecule has 1 aliphatic heterocycles. The lowest BCUT2D eigenvalue weighted by Crippen LogP contribution is -2.34. The van der Waals surface area contributed by atoms with Crippen molar-refractivity contribution in [3.8, 4) is 0 Å². The highest BCUT2D eigenvalue weighted by molar-refractivity contribution is 7.92. The molecule has 0 spiro atoms. The quantitative estimate of drug-likeness (QED) is 0.592. The second-order valence-corrected chi connectivity index (χ2v) is 8.86. The smallest absolute Gasteiger partial charge is 0.303 e. The second-order valence-electron chi connectivity index (χ2n) is 6.95. The molecule has 0 fully saturated rings. The minimum absolute atomic E-state index is 0.153. The molecule has 1 heterocycles. The first-order chi connectivity index (χ1) is 12.8. The van der Waals surface area contributed by atoms with E-state index in [1.807, 2.05) is 0 Å². The van der Waals surface area contributed by atoms with Crippen LogP contribution in [-0.4, -0.2) is 44.7 Å². The normalized spacial score (nSPS) is 13.9. The zero-order valence-corrected chi connectivity index (χ0v) is 16.6. The van der Waals surface area contributed by atoms with E-state index in [4.69, 9.17) is 5.11 Å². The number of nitrogens with one attached hydrogen (secondary N) is 1. The molecule has 27 heavy (non-hydrogen) atoms. The molecule has 0 unspecified atom stereocenters. The van der Waals surface area contributed by atoms with Crippen LogP contribution in [0.1, 0.15) is 60.9 Å². The molecule has 7 nitrogen and oxygen atoms in total. The summed E-state index contributed by atoms with van der Waals surface area (Å²) in [7, 11) is -3.30. The number of fused-ring (bicyclic) bond motifs is 1. The molecule has 0 radical (unpaired) electrons. The highest BCUT2D eigenvalue weighted by atomic mass is 32.2. The van der Waals surface area contributed by atoms with Gasteiger partial charge in [-0.25, -0.2) is 8.42 Å². The number of carbonyl (C=O) groups is 2. The Bertz CT molecular complexity index is 776. The van der Waals surface area contributed by atoms with Gasteiger partial charge in [0.05, 0.1) is 11.9 Å². The molecule has 0 bridgehead atoms. The zero-order valence-electron chi connectivity index (χ0n) is 15.7. The maximum absolute atomic E-state index is 12.3. The summed E-state index contributed by atoms with van der Waals surface area (Å²) in [6.07, 6.45) is 7.27. The SMILES string of the molecule is CS(=O)(=O)N1CCCc2cc(C(=O)NCCCCCCCC(=O)O)ccc21. The van der Waals surface area contributed by atoms with Crippen LogP contribution in [0, 0.1) is 0 Å². The summed E-state index contributed by atoms with van der Waals surface area (Å²) in [5.41, 5.74) is 2.10. The molecule has 2 N–H and O–H groups in total. The molecule has 0 aliphatic carbocycles. The van der Waals surface area contributed by atoms with Crippen molar-refractivity contribution < 1.29 is 23.1 Å². The number of hydrogen-bond acceptors (Lipinski definition) is 4. The summed E-state index contributed by atoms with van der Waals surface area (Å²) in [4.78, 5) is 22.7. The van der Waals surface area contributed by atoms with Crippen molar-refractivity contribution in [2.45, 2.75) is 51.4 Å². The van der Waals surface area contributed by atoms with Gasteiger partial charge in [-0.2, -0.15) is 0 Å². The maximum atomic E-state index is 12.3. The molecule has 0 atom stereocenters. The zero-order chi connectivity index (χ0) is 19.9. The van der Waals surface area contributed by atoms with E-state index in [2.05, 4.69) is 5.32 Å². The molecule has 1 aliphatic rings. The number of amides is 1. The van der Waals surface area contributed by atoms with Gasteiger partial charge >= 0.3 is 5.97 Å². The number of nitrogens with zero attached hydrogens (tertiary/aromatic N) is 1. The van der Waals surface area contributed by atoms with Gasteiger partial charge in [-0.3, -0.25) is 13.9 Å². The first kappa shape index (κ1) is 21.2. The molecule has 0 saturated carbocycles. The third-order valence-electron chi connectivity index (χ3n) is 4.67. The number of carboxylic acid groups (broad SMARTS) is 1. The minimum atomic E-state index is -3.30. The molecule has 8 heteroatoms. The Balaban J connectivity index is 1.80. The van der Waals surface area contributed by atoms with Crippen LogP contribution >= 0.6 is 0 Å². The standard InChI is InChI=1S/C19H28N2O5S/c1-27(25,26)21-13-7-8-15-14-16(10-11-17(15)21)19(24)20-12-6-4-2-3-5-9-18(22)23/h10-11,14H,2-9,12-13H2,1H3,(H,20,24)(H,22,23). The fourth-order valence-electron chi connectivity index (χ4n) is 3.28. The predicted molar refractivity (Wildman–Crippen MR) is 105 cm³/mol. The van der Waals surface area contributed by atoms with E-state index in [1.54, 1.807) is 18.2 Å². The van der Waals surface area contributed by atoms with Gasteiger partial charge in [-0.1, -0.05) is 19.3 Å². The predicted octanol–water partition coefficient (Wildman–Crippen LogP) is 2.55. The van der Waals surface area contributed by atoms with E-state index in [-0.39, 0.29) is 12.3 Å². The minimum Gasteiger partial charge on any atom is -0.481 e. The van der Waals surface area contributed by atoms with Crippen molar-refractivity contribution in [1.29, 1.82) is 0 Å². The van der Waals surface area contributed by atoms with Crippen molar-refractivity contribution in [1.82, 2.24) is 5.32 Å². The Labute approximate surface area is 160 Å². The highest BCUT2D eigenvalue weighted by Crippen LogP contribution is 2.29. The molecular weight excluding hydrogens is 368 g/mol. The highest BCUT2D eigenvalue weighted by Gasteiger charge is 2.24. The van der Waals surface area contributed by atoms with E-state index >= 15 is 0 Å². The van der Waals surface area contributed by atoms with E-state index in [1.165, 1.54) is 10.6 Å². The monoisotopic (exact) mass is 396 g/mol. The average Bonchev–Trinajstić information content (AvgIpc) is 2.61. The molecule has 0 aromatic heterocycles. The van der Waals surface area contributed by atoms with Gasteiger partial charge in [0.2, 0.25) is 10.0 Å². The van der Waals surface area contributed by atoms with Crippen LogP contribution in [0.5, 0.6) is 0 Å². The summed E-state index contributed by atoms with van der Waals surface area (Å²) in [5.74, 6) is -0.910. The number of anilines is 1. The summed E-state index contributed by atoms with van der Waals surface area (Å²) < 4.78 is 25.2. The Morgan fingerprint density at radius 1 is 1.15 bits per heavy atom. The lowest BCUT2D eigenvalue weighted by molar-refractivity contribution is -0.137. The summed E-state index contributed by atoms with van der Waals surface area (Å²) in [6, 6.07) is 5.17. The number of aliphatic carboxylic acids is 1. The van der Waals surface area contributed by atoms with Gasteiger partial charge in [0, 0.05) is 25.1 Å². The van der Waals surface area contributed by atoms with E-state index < -0.39 is 16.0 Å². The first-order valence-corrected chi connectivity index (χ1v) is 11.2. The summed E-state index contributed by atoms with van der Waals surface area (Å²) in [5, 5.41) is 11.5. The summed E-state index contributed by atoms with van der Waals surface area (Å²) in [6.45, 7) is 1.05. The molecule has 1 aromatic carbocycles. The third kappa shape index (κ3) is 6.53. The average molecular weight is 397 g/mol. The molecule has 2 rings (SSSR count). The van der Waals surface area contributed by atoms with Gasteiger partial charge in [-0.05, 0) is 49.4 Å². The fourth-order valence-corrected chi connectivity index (χ4v) is 4.28. The third-order valence-corrected chi connectivity index (χ3v) is 5.85. The molecule has 1 amide bonds. The van der Waals surface area contributed by atoms with Crippen LogP contribution in [0.15, 0.2) is 18.2 Å². The largest absolute Gasteiger partial charge is 0.481 e. The lowest BCUT2D eigenvalue weighted by Gasteiger charge is -2.29. The van der Waals surface area contributed by atoms with Gasteiger partial charge in [0.25, 0.3) is 5.91 Å². The maximum Gasteiger partial charge on any atom is 0.303 e. The van der Waals surface area contributed by atoms with Crippen molar-refractivity contribution in [3.05, 3.63) is 29.3 Å². The van der Waals surface area contributed by atoms with Crippen LogP contribution in [0.3, 0.4) is 0 Å². The van der Waals surface area contributed by atoms with Crippen LogP contribution in [0.2, 0.25) is 0 Å². The van der Waals surface area contributed by atoms with Crippen LogP contribution in [-0.2, 0) is 21.2 Å². The van der Waals surface area contributed by atoms with E-state index in [0.29, 0.717) is 30.8 Å². The Morgan fingerprint density at radius 3 is 2.56 bits per heavy atom. The van der Waals surface area contributed by atoms with Crippen molar-refractivity contribution >= 4 is 27.6 Å². The van der Waals surface area contributed by atoms with Crippen molar-refractivity contribution in [3.63, 3.8) is 0 Å². The molecule has 150 valence electrons. The Hall–Kier alpha value is -2.09. The number of hydrogen-bond donors (Lipinski definition) is 2. The lowest BCUT2D eigenvalue weighted by atomic mass is 10.0. The van der Waals surface area contributed by atoms with Crippen molar-refractivity contribution in [2.24, 2.45) is 0 Å². The van der Waals surface area contributed by atoms with Gasteiger partial charge in [-0.15, -0.1) is 0 Å². The fraction of sp³-hybridized carbons (Fsp3) is 0.579. The van der Waals surface area contributed by atoms with E-state index in [9.17, 15) is 18.0 Å². The van der Waals surface area contributed by atoms with Gasteiger partial charge in [0.1, 0.15) is 0 Å². The van der Waals surface area contributed by atoms with Crippen LogP contribution < -0.4 is 9.62 Å². The molecular formula is C19H28N2O5S. The topological polar surface area (TPSA) is 104 Å². The van der Waals surface area contributed by atoms with Gasteiger partial charge < -0.3 is 10.4 Å². The number of sulfonamides is 1. The molecule has 1 aromatic rings. The van der Waals surface area contributed by atoms with E-state index in [0.717, 1.165) is 44.1 Å². The van der Waals surface area contributed by atoms with Crippen LogP contribution in [0.25, 0.3) is 0 Å². The second kappa shape index (κ2) is 9.73. The number of carboxylic acids is 1. The van der Waals surface area contributed by atoms with Gasteiger partial charge in [0.15, 0.2) is 0 Å². The number of aryl methyl sites for hydroxylation is 1. The number of benzene rings is 1.